The van der Waals surface area contributed by atoms with Crippen molar-refractivity contribution in [1.82, 2.24) is 9.78 Å². The molecule has 10 heteroatoms. The first-order valence-corrected chi connectivity index (χ1v) is 5.77. The Kier molecular flexibility index (Phi) is 4.58. The van der Waals surface area contributed by atoms with E-state index in [0.29, 0.717) is 0 Å². The molecule has 1 rings (SSSR count). The number of nitrogens with one attached hydrogen (secondary N) is 1. The summed E-state index contributed by atoms with van der Waals surface area (Å²) in [5, 5.41) is 26.1. The average Bonchev–Trinajstić information content (AvgIpc) is 2.61. The van der Waals surface area contributed by atoms with Crippen LogP contribution in [0.5, 0.6) is 0 Å². The van der Waals surface area contributed by atoms with Gasteiger partial charge in [-0.15, -0.1) is 0 Å². The molecule has 1 heterocycles. The molecule has 0 aliphatic rings. The van der Waals surface area contributed by atoms with Crippen molar-refractivity contribution in [2.45, 2.75) is 39.1 Å². The number of aliphatic hydroxyl groups excluding tert-OH is 1. The Hall–Kier alpha value is -1.84. The first-order chi connectivity index (χ1) is 9.05. The number of nitro groups is 1. The molecule has 0 bridgehead atoms. The fourth-order valence-corrected chi connectivity index (χ4v) is 1.60. The smallest absolute Gasteiger partial charge is 0.382 e. The molecule has 20 heavy (non-hydrogen) atoms. The summed E-state index contributed by atoms with van der Waals surface area (Å²) >= 11 is 0. The molecular weight excluding hydrogens is 281 g/mol. The molecule has 0 aromatic carbocycles. The molecule has 0 radical (unpaired) electrons. The van der Waals surface area contributed by atoms with E-state index in [0.717, 1.165) is 0 Å². The standard InChI is InChI=1S/C10H15F3N4O3/c1-5(2)16-9(8(17(19)20)6(3)15-16)14-4-7(18)10(11,12)13/h5,7,14,18H,4H2,1-3H3. The third-order valence-corrected chi connectivity index (χ3v) is 2.57. The number of hydrogen-bond donors (Lipinski definition) is 2. The minimum atomic E-state index is -4.79. The number of nitrogens with zero attached hydrogens (tertiary/aromatic N) is 3. The molecular formula is C10H15F3N4O3. The van der Waals surface area contributed by atoms with E-state index in [1.807, 2.05) is 0 Å². The van der Waals surface area contributed by atoms with E-state index in [9.17, 15) is 23.3 Å². The molecule has 0 spiro atoms. The van der Waals surface area contributed by atoms with Crippen molar-refractivity contribution in [2.75, 3.05) is 11.9 Å². The summed E-state index contributed by atoms with van der Waals surface area (Å²) in [5.74, 6) is -0.147. The Balaban J connectivity index is 3.06. The van der Waals surface area contributed by atoms with Gasteiger partial charge in [-0.25, -0.2) is 4.68 Å². The third-order valence-electron chi connectivity index (χ3n) is 2.57. The highest BCUT2D eigenvalue weighted by molar-refractivity contribution is 5.59. The van der Waals surface area contributed by atoms with Gasteiger partial charge in [0, 0.05) is 6.04 Å². The highest BCUT2D eigenvalue weighted by atomic mass is 19.4. The average molecular weight is 296 g/mol. The van der Waals surface area contributed by atoms with Gasteiger partial charge in [0.25, 0.3) is 0 Å². The lowest BCUT2D eigenvalue weighted by Crippen LogP contribution is -2.35. The second-order valence-electron chi connectivity index (χ2n) is 4.52. The zero-order valence-corrected chi connectivity index (χ0v) is 11.1. The van der Waals surface area contributed by atoms with Crippen LogP contribution in [0.1, 0.15) is 25.6 Å². The Morgan fingerprint density at radius 2 is 2.05 bits per heavy atom. The van der Waals surface area contributed by atoms with E-state index in [2.05, 4.69) is 10.4 Å². The lowest BCUT2D eigenvalue weighted by molar-refractivity contribution is -0.384. The van der Waals surface area contributed by atoms with Crippen molar-refractivity contribution >= 4 is 11.5 Å². The van der Waals surface area contributed by atoms with Crippen LogP contribution in [0, 0.1) is 17.0 Å². The number of aliphatic hydroxyl groups is 1. The van der Waals surface area contributed by atoms with Crippen LogP contribution in [0.15, 0.2) is 0 Å². The van der Waals surface area contributed by atoms with E-state index in [4.69, 9.17) is 5.11 Å². The van der Waals surface area contributed by atoms with Crippen LogP contribution < -0.4 is 5.32 Å². The maximum absolute atomic E-state index is 12.2. The van der Waals surface area contributed by atoms with Gasteiger partial charge < -0.3 is 10.4 Å². The molecule has 0 fully saturated rings. The maximum Gasteiger partial charge on any atom is 0.416 e. The van der Waals surface area contributed by atoms with Crippen molar-refractivity contribution < 1.29 is 23.2 Å². The number of aryl methyl sites for hydroxylation is 1. The number of halogens is 3. The summed E-state index contributed by atoms with van der Waals surface area (Å²) in [7, 11) is 0. The minimum absolute atomic E-state index is 0.0905. The van der Waals surface area contributed by atoms with Gasteiger partial charge in [-0.2, -0.15) is 18.3 Å². The molecule has 1 aromatic heterocycles. The predicted octanol–water partition coefficient (Wildman–Crippen LogP) is 2.02. The van der Waals surface area contributed by atoms with Crippen molar-refractivity contribution in [3.63, 3.8) is 0 Å². The highest BCUT2D eigenvalue weighted by Gasteiger charge is 2.38. The van der Waals surface area contributed by atoms with Crippen LogP contribution >= 0.6 is 0 Å². The molecule has 0 amide bonds. The molecule has 0 saturated carbocycles. The molecule has 7 nitrogen and oxygen atoms in total. The fraction of sp³-hybridized carbons (Fsp3) is 0.700. The first kappa shape index (κ1) is 16.2. The van der Waals surface area contributed by atoms with Crippen LogP contribution in [0.2, 0.25) is 0 Å². The van der Waals surface area contributed by atoms with Gasteiger partial charge in [-0.1, -0.05) is 0 Å². The number of alkyl halides is 3. The Bertz CT molecular complexity index is 499. The number of hydrogen-bond acceptors (Lipinski definition) is 5. The summed E-state index contributed by atoms with van der Waals surface area (Å²) in [6.07, 6.45) is -7.41. The van der Waals surface area contributed by atoms with Crippen LogP contribution in [-0.4, -0.2) is 38.6 Å². The number of aromatic nitrogens is 2. The summed E-state index contributed by atoms with van der Waals surface area (Å²) in [5.41, 5.74) is -0.305. The minimum Gasteiger partial charge on any atom is -0.382 e. The Morgan fingerprint density at radius 3 is 2.45 bits per heavy atom. The highest BCUT2D eigenvalue weighted by Crippen LogP contribution is 2.31. The van der Waals surface area contributed by atoms with Gasteiger partial charge >= 0.3 is 11.9 Å². The normalized spacial score (nSPS) is 13.6. The van der Waals surface area contributed by atoms with Crippen LogP contribution in [0.4, 0.5) is 24.7 Å². The summed E-state index contributed by atoms with van der Waals surface area (Å²) in [6.45, 7) is 3.87. The Morgan fingerprint density at radius 1 is 1.50 bits per heavy atom. The molecule has 0 aliphatic carbocycles. The quantitative estimate of drug-likeness (QED) is 0.640. The number of rotatable bonds is 5. The van der Waals surface area contributed by atoms with Gasteiger partial charge in [0.15, 0.2) is 6.10 Å². The number of anilines is 1. The van der Waals surface area contributed by atoms with Crippen molar-refractivity contribution in [3.05, 3.63) is 15.8 Å². The summed E-state index contributed by atoms with van der Waals surface area (Å²) < 4.78 is 37.9. The summed E-state index contributed by atoms with van der Waals surface area (Å²) in [4.78, 5) is 10.2. The van der Waals surface area contributed by atoms with Gasteiger partial charge in [-0.05, 0) is 20.8 Å². The molecule has 0 aliphatic heterocycles. The topological polar surface area (TPSA) is 93.2 Å². The van der Waals surface area contributed by atoms with Crippen LogP contribution in [0.3, 0.4) is 0 Å². The zero-order chi connectivity index (χ0) is 15.7. The monoisotopic (exact) mass is 296 g/mol. The third kappa shape index (κ3) is 3.38. The van der Waals surface area contributed by atoms with Gasteiger partial charge in [-0.3, -0.25) is 10.1 Å². The molecule has 0 saturated heterocycles. The SMILES string of the molecule is Cc1nn(C(C)C)c(NCC(O)C(F)(F)F)c1[N+](=O)[O-]. The fourth-order valence-electron chi connectivity index (χ4n) is 1.60. The first-order valence-electron chi connectivity index (χ1n) is 5.77. The van der Waals surface area contributed by atoms with Crippen LogP contribution in [-0.2, 0) is 0 Å². The van der Waals surface area contributed by atoms with E-state index >= 15 is 0 Å². The Labute approximate surface area is 112 Å². The largest absolute Gasteiger partial charge is 0.416 e. The van der Waals surface area contributed by atoms with E-state index in [1.165, 1.54) is 11.6 Å². The van der Waals surface area contributed by atoms with Crippen LogP contribution in [0.25, 0.3) is 0 Å². The lowest BCUT2D eigenvalue weighted by Gasteiger charge is -2.17. The van der Waals surface area contributed by atoms with E-state index in [1.54, 1.807) is 13.8 Å². The van der Waals surface area contributed by atoms with Crippen molar-refractivity contribution in [2.24, 2.45) is 0 Å². The lowest BCUT2D eigenvalue weighted by atomic mass is 10.3. The molecule has 1 unspecified atom stereocenters. The second-order valence-corrected chi connectivity index (χ2v) is 4.52. The maximum atomic E-state index is 12.2. The predicted molar refractivity (Wildman–Crippen MR) is 64.6 cm³/mol. The van der Waals surface area contributed by atoms with Crippen molar-refractivity contribution in [1.29, 1.82) is 0 Å². The molecule has 2 N–H and O–H groups in total. The van der Waals surface area contributed by atoms with Gasteiger partial charge in [0.1, 0.15) is 5.69 Å². The summed E-state index contributed by atoms with van der Waals surface area (Å²) in [6, 6.07) is -0.284. The molecule has 1 atom stereocenters. The molecule has 114 valence electrons. The second kappa shape index (κ2) is 5.65. The van der Waals surface area contributed by atoms with Gasteiger partial charge in [0.2, 0.25) is 5.82 Å². The van der Waals surface area contributed by atoms with Gasteiger partial charge in [0.05, 0.1) is 11.5 Å². The zero-order valence-electron chi connectivity index (χ0n) is 11.1. The van der Waals surface area contributed by atoms with E-state index in [-0.39, 0.29) is 17.6 Å². The van der Waals surface area contributed by atoms with E-state index < -0.39 is 29.4 Å². The van der Waals surface area contributed by atoms with Crippen molar-refractivity contribution in [3.8, 4) is 0 Å². The molecule has 1 aromatic rings.